The lowest BCUT2D eigenvalue weighted by molar-refractivity contribution is 0.660. The molecule has 8 aromatic carbocycles. The summed E-state index contributed by atoms with van der Waals surface area (Å²) in [7, 11) is 0. The number of benzene rings is 8. The highest BCUT2D eigenvalue weighted by molar-refractivity contribution is 6.21. The first-order chi connectivity index (χ1) is 23.1. The smallest absolute Gasteiger partial charge is 0.0159 e. The molecule has 0 heteroatoms. The summed E-state index contributed by atoms with van der Waals surface area (Å²) in [6.45, 7) is 4.70. The Morgan fingerprint density at radius 2 is 0.681 bits per heavy atom. The van der Waals surface area contributed by atoms with Crippen molar-refractivity contribution in [3.05, 3.63) is 181 Å². The van der Waals surface area contributed by atoms with Gasteiger partial charge < -0.3 is 0 Å². The van der Waals surface area contributed by atoms with E-state index in [0.717, 1.165) is 0 Å². The fourth-order valence-corrected chi connectivity index (χ4v) is 7.92. The summed E-state index contributed by atoms with van der Waals surface area (Å²) in [6.07, 6.45) is 0. The van der Waals surface area contributed by atoms with Crippen LogP contribution in [0.2, 0.25) is 0 Å². The van der Waals surface area contributed by atoms with Gasteiger partial charge in [-0.1, -0.05) is 178 Å². The first-order valence-corrected chi connectivity index (χ1v) is 16.5. The van der Waals surface area contributed by atoms with Gasteiger partial charge in [0, 0.05) is 5.41 Å². The average Bonchev–Trinajstić information content (AvgIpc) is 3.36. The summed E-state index contributed by atoms with van der Waals surface area (Å²) in [5.74, 6) is 0. The number of hydrogen-bond donors (Lipinski definition) is 0. The minimum Gasteiger partial charge on any atom is -0.0622 e. The molecule has 8 aromatic rings. The molecule has 0 N–H and O–H groups in total. The second-order valence-corrected chi connectivity index (χ2v) is 13.3. The molecule has 0 saturated carbocycles. The van der Waals surface area contributed by atoms with Crippen molar-refractivity contribution in [1.29, 1.82) is 0 Å². The van der Waals surface area contributed by atoms with E-state index < -0.39 is 0 Å². The van der Waals surface area contributed by atoms with Crippen molar-refractivity contribution in [2.75, 3.05) is 0 Å². The molecule has 1 aliphatic carbocycles. The van der Waals surface area contributed by atoms with Crippen molar-refractivity contribution in [1.82, 2.24) is 0 Å². The maximum absolute atomic E-state index is 2.41. The summed E-state index contributed by atoms with van der Waals surface area (Å²) >= 11 is 0. The van der Waals surface area contributed by atoms with Gasteiger partial charge in [-0.05, 0) is 94.4 Å². The Morgan fingerprint density at radius 3 is 1.23 bits per heavy atom. The molecule has 0 aliphatic heterocycles. The lowest BCUT2D eigenvalue weighted by atomic mass is 9.81. The van der Waals surface area contributed by atoms with Gasteiger partial charge in [-0.2, -0.15) is 0 Å². The lowest BCUT2D eigenvalue weighted by Gasteiger charge is -2.22. The zero-order chi connectivity index (χ0) is 31.5. The van der Waals surface area contributed by atoms with Crippen molar-refractivity contribution in [2.45, 2.75) is 19.3 Å². The van der Waals surface area contributed by atoms with Crippen LogP contribution in [-0.4, -0.2) is 0 Å². The van der Waals surface area contributed by atoms with Crippen molar-refractivity contribution in [3.63, 3.8) is 0 Å². The molecule has 222 valence electrons. The third-order valence-electron chi connectivity index (χ3n) is 10.3. The third-order valence-corrected chi connectivity index (χ3v) is 10.3. The minimum absolute atomic E-state index is 0.0106. The van der Waals surface area contributed by atoms with E-state index in [9.17, 15) is 0 Å². The van der Waals surface area contributed by atoms with Crippen molar-refractivity contribution < 1.29 is 0 Å². The largest absolute Gasteiger partial charge is 0.0622 e. The van der Waals surface area contributed by atoms with Gasteiger partial charge in [-0.25, -0.2) is 0 Å². The van der Waals surface area contributed by atoms with Crippen LogP contribution in [0.4, 0.5) is 0 Å². The van der Waals surface area contributed by atoms with E-state index >= 15 is 0 Å². The summed E-state index contributed by atoms with van der Waals surface area (Å²) < 4.78 is 0. The topological polar surface area (TPSA) is 0 Å². The fraction of sp³-hybridized carbons (Fsp3) is 0.0638. The Bertz CT molecular complexity index is 2390. The van der Waals surface area contributed by atoms with Crippen LogP contribution in [0.25, 0.3) is 77.2 Å². The summed E-state index contributed by atoms with van der Waals surface area (Å²) in [5, 5.41) is 5.10. The molecule has 1 aliphatic rings. The first-order valence-electron chi connectivity index (χ1n) is 16.5. The van der Waals surface area contributed by atoms with E-state index in [0.29, 0.717) is 0 Å². The zero-order valence-corrected chi connectivity index (χ0v) is 26.7. The molecule has 0 amide bonds. The maximum atomic E-state index is 2.41. The Hall–Kier alpha value is -5.72. The summed E-state index contributed by atoms with van der Waals surface area (Å²) in [6, 6.07) is 62.5. The van der Waals surface area contributed by atoms with Gasteiger partial charge in [-0.3, -0.25) is 0 Å². The van der Waals surface area contributed by atoms with E-state index in [1.54, 1.807) is 0 Å². The molecular formula is C47H34. The Balaban J connectivity index is 1.15. The monoisotopic (exact) mass is 598 g/mol. The highest BCUT2D eigenvalue weighted by atomic mass is 14.4. The van der Waals surface area contributed by atoms with Gasteiger partial charge in [0.15, 0.2) is 0 Å². The highest BCUT2D eigenvalue weighted by Crippen LogP contribution is 2.50. The van der Waals surface area contributed by atoms with E-state index in [4.69, 9.17) is 0 Å². The Morgan fingerprint density at radius 1 is 0.298 bits per heavy atom. The predicted octanol–water partition coefficient (Wildman–Crippen LogP) is 13.0. The van der Waals surface area contributed by atoms with Crippen LogP contribution in [-0.2, 0) is 5.41 Å². The SMILES string of the molecule is CC1(C)c2ccccc2-c2ccc(-c3ccc(-c4c5ccccc5c(-c5ccc(-c6ccccc6)cc5)c5ccccc45)cc3)cc21. The van der Waals surface area contributed by atoms with Crippen LogP contribution in [0.1, 0.15) is 25.0 Å². The minimum atomic E-state index is -0.0106. The Kier molecular flexibility index (Phi) is 6.27. The number of hydrogen-bond acceptors (Lipinski definition) is 0. The molecule has 0 heterocycles. The van der Waals surface area contributed by atoms with Gasteiger partial charge in [0.05, 0.1) is 0 Å². The van der Waals surface area contributed by atoms with E-state index in [2.05, 4.69) is 184 Å². The van der Waals surface area contributed by atoms with Crippen LogP contribution >= 0.6 is 0 Å². The number of rotatable bonds is 4. The third kappa shape index (κ3) is 4.37. The standard InChI is InChI=1S/C47H34/c1-47(2)43-19-11-10-14-37(43)38-29-28-36(30-44(38)47)33-22-26-35(27-23-33)46-41-17-8-6-15-39(41)45(40-16-7-9-18-42(40)46)34-24-20-32(21-25-34)31-12-4-3-5-13-31/h3-30H,1-2H3. The van der Waals surface area contributed by atoms with Crippen molar-refractivity contribution >= 4 is 21.5 Å². The predicted molar refractivity (Wildman–Crippen MR) is 201 cm³/mol. The maximum Gasteiger partial charge on any atom is 0.0159 e. The van der Waals surface area contributed by atoms with E-state index in [1.165, 1.54) is 88.3 Å². The van der Waals surface area contributed by atoms with Gasteiger partial charge in [-0.15, -0.1) is 0 Å². The summed E-state index contributed by atoms with van der Waals surface area (Å²) in [5.41, 5.74) is 15.6. The van der Waals surface area contributed by atoms with Gasteiger partial charge in [0.25, 0.3) is 0 Å². The molecule has 0 aromatic heterocycles. The van der Waals surface area contributed by atoms with E-state index in [1.807, 2.05) is 0 Å². The van der Waals surface area contributed by atoms with Crippen LogP contribution in [0, 0.1) is 0 Å². The molecule has 0 atom stereocenters. The van der Waals surface area contributed by atoms with Crippen LogP contribution in [0.5, 0.6) is 0 Å². The lowest BCUT2D eigenvalue weighted by Crippen LogP contribution is -2.14. The second kappa shape index (κ2) is 10.7. The second-order valence-electron chi connectivity index (χ2n) is 13.3. The zero-order valence-electron chi connectivity index (χ0n) is 26.7. The van der Waals surface area contributed by atoms with Crippen LogP contribution < -0.4 is 0 Å². The normalized spacial score (nSPS) is 13.1. The first kappa shape index (κ1) is 27.6. The molecule has 0 nitrogen and oxygen atoms in total. The van der Waals surface area contributed by atoms with Crippen LogP contribution in [0.15, 0.2) is 170 Å². The molecule has 0 fully saturated rings. The number of fused-ring (bicyclic) bond motifs is 5. The molecule has 9 rings (SSSR count). The van der Waals surface area contributed by atoms with Gasteiger partial charge in [0.1, 0.15) is 0 Å². The average molecular weight is 599 g/mol. The van der Waals surface area contributed by atoms with Crippen LogP contribution in [0.3, 0.4) is 0 Å². The Labute approximate surface area is 276 Å². The molecule has 0 unspecified atom stereocenters. The molecule has 0 saturated heterocycles. The molecule has 47 heavy (non-hydrogen) atoms. The summed E-state index contributed by atoms with van der Waals surface area (Å²) in [4.78, 5) is 0. The van der Waals surface area contributed by atoms with E-state index in [-0.39, 0.29) is 5.41 Å². The molecule has 0 spiro atoms. The highest BCUT2D eigenvalue weighted by Gasteiger charge is 2.35. The molecular weight excluding hydrogens is 565 g/mol. The van der Waals surface area contributed by atoms with Gasteiger partial charge in [0.2, 0.25) is 0 Å². The molecule has 0 radical (unpaired) electrons. The van der Waals surface area contributed by atoms with Gasteiger partial charge >= 0.3 is 0 Å². The van der Waals surface area contributed by atoms with Crippen molar-refractivity contribution in [3.8, 4) is 55.6 Å². The quantitative estimate of drug-likeness (QED) is 0.177. The van der Waals surface area contributed by atoms with Crippen molar-refractivity contribution in [2.24, 2.45) is 0 Å². The molecule has 0 bridgehead atoms. The fourth-order valence-electron chi connectivity index (χ4n) is 7.92.